The van der Waals surface area contributed by atoms with Gasteiger partial charge in [0.15, 0.2) is 0 Å². The molecule has 0 aliphatic carbocycles. The van der Waals surface area contributed by atoms with Crippen LogP contribution in [-0.4, -0.2) is 31.4 Å². The van der Waals surface area contributed by atoms with E-state index in [1.54, 1.807) is 19.0 Å². The van der Waals surface area contributed by atoms with E-state index >= 15 is 0 Å². The van der Waals surface area contributed by atoms with Gasteiger partial charge in [-0.25, -0.2) is 0 Å². The summed E-state index contributed by atoms with van der Waals surface area (Å²) >= 11 is 0. The number of aryl methyl sites for hydroxylation is 1. The molecular formula is C12H18N2O. The molecule has 0 aromatic heterocycles. The molecule has 0 aliphatic heterocycles. The number of hydrogen-bond acceptors (Lipinski definition) is 2. The van der Waals surface area contributed by atoms with E-state index < -0.39 is 0 Å². The smallest absolute Gasteiger partial charge is 0.253 e. The van der Waals surface area contributed by atoms with Gasteiger partial charge in [0, 0.05) is 31.9 Å². The Hall–Kier alpha value is -1.51. The van der Waals surface area contributed by atoms with Crippen molar-refractivity contribution in [2.45, 2.75) is 13.8 Å². The van der Waals surface area contributed by atoms with Crippen LogP contribution in [-0.2, 0) is 0 Å². The summed E-state index contributed by atoms with van der Waals surface area (Å²) in [6, 6.07) is 5.81. The fraction of sp³-hybridized carbons (Fsp3) is 0.417. The lowest BCUT2D eigenvalue weighted by atomic mass is 10.1. The number of hydrogen-bond donors (Lipinski definition) is 1. The molecule has 3 heteroatoms. The average Bonchev–Trinajstić information content (AvgIpc) is 2.17. The Morgan fingerprint density at radius 2 is 2.07 bits per heavy atom. The van der Waals surface area contributed by atoms with Gasteiger partial charge in [-0.2, -0.15) is 0 Å². The molecule has 1 aromatic carbocycles. The van der Waals surface area contributed by atoms with Crippen molar-refractivity contribution in [3.63, 3.8) is 0 Å². The zero-order chi connectivity index (χ0) is 11.4. The Bertz CT molecular complexity index is 359. The summed E-state index contributed by atoms with van der Waals surface area (Å²) in [5, 5.41) is 3.22. The molecule has 0 bridgehead atoms. The molecule has 0 aliphatic rings. The molecule has 0 unspecified atom stereocenters. The van der Waals surface area contributed by atoms with E-state index in [9.17, 15) is 4.79 Å². The Morgan fingerprint density at radius 1 is 1.40 bits per heavy atom. The SMILES string of the molecule is CCNc1ccc(C(=O)N(C)C)c(C)c1. The summed E-state index contributed by atoms with van der Waals surface area (Å²) in [6.45, 7) is 4.90. The minimum absolute atomic E-state index is 0.0514. The van der Waals surface area contributed by atoms with Gasteiger partial charge in [-0.1, -0.05) is 0 Å². The van der Waals surface area contributed by atoms with E-state index in [-0.39, 0.29) is 5.91 Å². The minimum Gasteiger partial charge on any atom is -0.385 e. The van der Waals surface area contributed by atoms with Crippen LogP contribution in [0, 0.1) is 6.92 Å². The van der Waals surface area contributed by atoms with Gasteiger partial charge in [0.05, 0.1) is 0 Å². The Balaban J connectivity index is 2.97. The van der Waals surface area contributed by atoms with Crippen molar-refractivity contribution in [2.75, 3.05) is 26.0 Å². The maximum Gasteiger partial charge on any atom is 0.253 e. The van der Waals surface area contributed by atoms with Crippen LogP contribution in [0.25, 0.3) is 0 Å². The molecule has 0 fully saturated rings. The van der Waals surface area contributed by atoms with Gasteiger partial charge in [-0.3, -0.25) is 4.79 Å². The lowest BCUT2D eigenvalue weighted by molar-refractivity contribution is 0.0827. The molecule has 1 amide bonds. The highest BCUT2D eigenvalue weighted by Gasteiger charge is 2.10. The third kappa shape index (κ3) is 2.72. The lowest BCUT2D eigenvalue weighted by Gasteiger charge is -2.13. The van der Waals surface area contributed by atoms with Gasteiger partial charge >= 0.3 is 0 Å². The van der Waals surface area contributed by atoms with Crippen molar-refractivity contribution >= 4 is 11.6 Å². The van der Waals surface area contributed by atoms with Crippen molar-refractivity contribution in [1.82, 2.24) is 4.90 Å². The maximum absolute atomic E-state index is 11.7. The van der Waals surface area contributed by atoms with Crippen LogP contribution in [0.15, 0.2) is 18.2 Å². The first-order valence-electron chi connectivity index (χ1n) is 5.12. The molecule has 0 atom stereocenters. The maximum atomic E-state index is 11.7. The van der Waals surface area contributed by atoms with Crippen molar-refractivity contribution in [3.05, 3.63) is 29.3 Å². The number of nitrogens with zero attached hydrogens (tertiary/aromatic N) is 1. The third-order valence-electron chi connectivity index (χ3n) is 2.24. The van der Waals surface area contributed by atoms with Gasteiger partial charge < -0.3 is 10.2 Å². The summed E-state index contributed by atoms with van der Waals surface area (Å²) < 4.78 is 0. The standard InChI is InChI=1S/C12H18N2O/c1-5-13-10-6-7-11(9(2)8-10)12(15)14(3)4/h6-8,13H,5H2,1-4H3. The van der Waals surface area contributed by atoms with E-state index in [1.165, 1.54) is 0 Å². The summed E-state index contributed by atoms with van der Waals surface area (Å²) in [5.74, 6) is 0.0514. The van der Waals surface area contributed by atoms with Gasteiger partial charge in [0.2, 0.25) is 0 Å². The number of carbonyl (C=O) groups is 1. The average molecular weight is 206 g/mol. The highest BCUT2D eigenvalue weighted by atomic mass is 16.2. The highest BCUT2D eigenvalue weighted by molar-refractivity contribution is 5.95. The van der Waals surface area contributed by atoms with Gasteiger partial charge in [-0.05, 0) is 37.6 Å². The van der Waals surface area contributed by atoms with Crippen LogP contribution in [0.3, 0.4) is 0 Å². The minimum atomic E-state index is 0.0514. The summed E-state index contributed by atoms with van der Waals surface area (Å²) in [6.07, 6.45) is 0. The first-order chi connectivity index (χ1) is 7.06. The number of anilines is 1. The zero-order valence-electron chi connectivity index (χ0n) is 9.79. The molecule has 0 saturated carbocycles. The van der Waals surface area contributed by atoms with Gasteiger partial charge in [0.25, 0.3) is 5.91 Å². The second-order valence-electron chi connectivity index (χ2n) is 3.76. The predicted octanol–water partition coefficient (Wildman–Crippen LogP) is 2.13. The van der Waals surface area contributed by atoms with E-state index in [0.29, 0.717) is 0 Å². The Morgan fingerprint density at radius 3 is 2.53 bits per heavy atom. The van der Waals surface area contributed by atoms with Crippen molar-refractivity contribution in [2.24, 2.45) is 0 Å². The molecular weight excluding hydrogens is 188 g/mol. The number of amides is 1. The van der Waals surface area contributed by atoms with Crippen molar-refractivity contribution in [1.29, 1.82) is 0 Å². The predicted molar refractivity (Wildman–Crippen MR) is 63.4 cm³/mol. The van der Waals surface area contributed by atoms with Crippen molar-refractivity contribution < 1.29 is 4.79 Å². The van der Waals surface area contributed by atoms with E-state index in [1.807, 2.05) is 32.0 Å². The number of nitrogens with one attached hydrogen (secondary N) is 1. The topological polar surface area (TPSA) is 32.3 Å². The van der Waals surface area contributed by atoms with Crippen LogP contribution < -0.4 is 5.32 Å². The van der Waals surface area contributed by atoms with E-state index in [0.717, 1.165) is 23.4 Å². The van der Waals surface area contributed by atoms with Crippen LogP contribution in [0.1, 0.15) is 22.8 Å². The molecule has 1 aromatic rings. The van der Waals surface area contributed by atoms with E-state index in [4.69, 9.17) is 0 Å². The highest BCUT2D eigenvalue weighted by Crippen LogP contribution is 2.16. The Labute approximate surface area is 91.1 Å². The molecule has 15 heavy (non-hydrogen) atoms. The first-order valence-corrected chi connectivity index (χ1v) is 5.12. The molecule has 3 nitrogen and oxygen atoms in total. The van der Waals surface area contributed by atoms with Crippen LogP contribution in [0.4, 0.5) is 5.69 Å². The molecule has 0 spiro atoms. The molecule has 82 valence electrons. The lowest BCUT2D eigenvalue weighted by Crippen LogP contribution is -2.22. The third-order valence-corrected chi connectivity index (χ3v) is 2.24. The quantitative estimate of drug-likeness (QED) is 0.821. The van der Waals surface area contributed by atoms with Gasteiger partial charge in [0.1, 0.15) is 0 Å². The fourth-order valence-corrected chi connectivity index (χ4v) is 1.46. The van der Waals surface area contributed by atoms with Crippen LogP contribution in [0.5, 0.6) is 0 Å². The fourth-order valence-electron chi connectivity index (χ4n) is 1.46. The van der Waals surface area contributed by atoms with Crippen molar-refractivity contribution in [3.8, 4) is 0 Å². The molecule has 0 heterocycles. The number of benzene rings is 1. The second kappa shape index (κ2) is 4.82. The zero-order valence-corrected chi connectivity index (χ0v) is 9.79. The summed E-state index contributed by atoms with van der Waals surface area (Å²) in [4.78, 5) is 13.3. The Kier molecular flexibility index (Phi) is 3.72. The molecule has 0 radical (unpaired) electrons. The monoisotopic (exact) mass is 206 g/mol. The molecule has 0 saturated heterocycles. The molecule has 1 N–H and O–H groups in total. The van der Waals surface area contributed by atoms with E-state index in [2.05, 4.69) is 5.32 Å². The van der Waals surface area contributed by atoms with Crippen LogP contribution >= 0.6 is 0 Å². The molecule has 1 rings (SSSR count). The normalized spacial score (nSPS) is 9.87. The van der Waals surface area contributed by atoms with Gasteiger partial charge in [-0.15, -0.1) is 0 Å². The van der Waals surface area contributed by atoms with Crippen LogP contribution in [0.2, 0.25) is 0 Å². The largest absolute Gasteiger partial charge is 0.385 e. The summed E-state index contributed by atoms with van der Waals surface area (Å²) in [7, 11) is 3.53. The summed E-state index contributed by atoms with van der Waals surface area (Å²) in [5.41, 5.74) is 2.83. The number of rotatable bonds is 3. The second-order valence-corrected chi connectivity index (χ2v) is 3.76. The first kappa shape index (κ1) is 11.6. The number of carbonyl (C=O) groups excluding carboxylic acids is 1.